The molecule has 2 aliphatic rings. The molecule has 2 aliphatic heterocycles. The van der Waals surface area contributed by atoms with E-state index >= 15 is 0 Å². The molecule has 0 spiro atoms. The van der Waals surface area contributed by atoms with Crippen LogP contribution in [0.5, 0.6) is 5.75 Å². The average molecular weight is 275 g/mol. The lowest BCUT2D eigenvalue weighted by Gasteiger charge is -2.48. The Morgan fingerprint density at radius 1 is 1.10 bits per heavy atom. The number of rotatable bonds is 1. The Balaban J connectivity index is 2.37. The smallest absolute Gasteiger partial charge is 0.126 e. The zero-order chi connectivity index (χ0) is 14.7. The van der Waals surface area contributed by atoms with Crippen LogP contribution in [-0.4, -0.2) is 23.3 Å². The van der Waals surface area contributed by atoms with Crippen molar-refractivity contribution in [3.63, 3.8) is 0 Å². The van der Waals surface area contributed by atoms with Gasteiger partial charge in [0.1, 0.15) is 5.75 Å². The SMILES string of the molecule is CC1(C)CCN2CCC(C)(C)c3c(O)c(CO)cc1c32. The second-order valence-corrected chi connectivity index (χ2v) is 7.57. The second kappa shape index (κ2) is 4.14. The summed E-state index contributed by atoms with van der Waals surface area (Å²) in [7, 11) is 0. The molecule has 0 amide bonds. The Morgan fingerprint density at radius 3 is 2.30 bits per heavy atom. The van der Waals surface area contributed by atoms with Gasteiger partial charge in [0, 0.05) is 29.9 Å². The van der Waals surface area contributed by atoms with Crippen molar-refractivity contribution in [2.24, 2.45) is 0 Å². The summed E-state index contributed by atoms with van der Waals surface area (Å²) in [4.78, 5) is 2.42. The number of hydrogen-bond donors (Lipinski definition) is 2. The molecular formula is C17H25NO2. The monoisotopic (exact) mass is 275 g/mol. The quantitative estimate of drug-likeness (QED) is 0.828. The molecule has 0 atom stereocenters. The van der Waals surface area contributed by atoms with Gasteiger partial charge in [-0.1, -0.05) is 27.7 Å². The van der Waals surface area contributed by atoms with Crippen molar-refractivity contribution in [1.82, 2.24) is 0 Å². The molecule has 1 aromatic rings. The molecule has 2 N–H and O–H groups in total. The van der Waals surface area contributed by atoms with Gasteiger partial charge in [-0.3, -0.25) is 0 Å². The van der Waals surface area contributed by atoms with Crippen LogP contribution < -0.4 is 4.90 Å². The summed E-state index contributed by atoms with van der Waals surface area (Å²) in [5.41, 5.74) is 4.29. The van der Waals surface area contributed by atoms with Crippen LogP contribution in [-0.2, 0) is 17.4 Å². The highest BCUT2D eigenvalue weighted by Crippen LogP contribution is 2.53. The van der Waals surface area contributed by atoms with E-state index < -0.39 is 0 Å². The fourth-order valence-corrected chi connectivity index (χ4v) is 3.75. The predicted octanol–water partition coefficient (Wildman–Crippen LogP) is 3.05. The minimum Gasteiger partial charge on any atom is -0.507 e. The van der Waals surface area contributed by atoms with Gasteiger partial charge in [0.2, 0.25) is 0 Å². The van der Waals surface area contributed by atoms with Crippen LogP contribution in [0.15, 0.2) is 6.07 Å². The Bertz CT molecular complexity index is 559. The molecule has 20 heavy (non-hydrogen) atoms. The van der Waals surface area contributed by atoms with Gasteiger partial charge < -0.3 is 15.1 Å². The van der Waals surface area contributed by atoms with E-state index in [0.29, 0.717) is 11.3 Å². The molecule has 1 aromatic carbocycles. The van der Waals surface area contributed by atoms with Gasteiger partial charge in [0.25, 0.3) is 0 Å². The molecule has 0 saturated heterocycles. The topological polar surface area (TPSA) is 43.7 Å². The summed E-state index contributed by atoms with van der Waals surface area (Å²) >= 11 is 0. The van der Waals surface area contributed by atoms with Crippen LogP contribution in [0.2, 0.25) is 0 Å². The normalized spacial score (nSPS) is 22.6. The highest BCUT2D eigenvalue weighted by Gasteiger charge is 2.42. The zero-order valence-corrected chi connectivity index (χ0v) is 13.0. The third-order valence-corrected chi connectivity index (χ3v) is 5.26. The number of phenols is 1. The first kappa shape index (κ1) is 13.7. The first-order valence-electron chi connectivity index (χ1n) is 7.53. The van der Waals surface area contributed by atoms with Crippen molar-refractivity contribution in [3.05, 3.63) is 22.8 Å². The summed E-state index contributed by atoms with van der Waals surface area (Å²) in [6.07, 6.45) is 2.16. The van der Waals surface area contributed by atoms with Gasteiger partial charge in [-0.05, 0) is 35.3 Å². The Kier molecular flexibility index (Phi) is 2.85. The molecule has 0 radical (unpaired) electrons. The molecule has 0 aliphatic carbocycles. The third-order valence-electron chi connectivity index (χ3n) is 5.26. The van der Waals surface area contributed by atoms with E-state index in [9.17, 15) is 10.2 Å². The van der Waals surface area contributed by atoms with Gasteiger partial charge in [-0.15, -0.1) is 0 Å². The molecule has 0 aromatic heterocycles. The van der Waals surface area contributed by atoms with Crippen molar-refractivity contribution in [3.8, 4) is 5.75 Å². The van der Waals surface area contributed by atoms with E-state index in [1.165, 1.54) is 11.3 Å². The van der Waals surface area contributed by atoms with E-state index in [1.54, 1.807) is 0 Å². The van der Waals surface area contributed by atoms with Crippen molar-refractivity contribution in [2.45, 2.75) is 58.0 Å². The van der Waals surface area contributed by atoms with E-state index in [4.69, 9.17) is 0 Å². The van der Waals surface area contributed by atoms with Crippen LogP contribution in [0.1, 0.15) is 57.2 Å². The zero-order valence-electron chi connectivity index (χ0n) is 13.0. The minimum atomic E-state index is -0.0989. The molecule has 3 heteroatoms. The largest absolute Gasteiger partial charge is 0.507 e. The van der Waals surface area contributed by atoms with E-state index in [-0.39, 0.29) is 17.4 Å². The van der Waals surface area contributed by atoms with Crippen LogP contribution >= 0.6 is 0 Å². The van der Waals surface area contributed by atoms with Crippen LogP contribution in [0.4, 0.5) is 5.69 Å². The summed E-state index contributed by atoms with van der Waals surface area (Å²) < 4.78 is 0. The predicted molar refractivity (Wildman–Crippen MR) is 81.5 cm³/mol. The Morgan fingerprint density at radius 2 is 1.70 bits per heavy atom. The molecular weight excluding hydrogens is 250 g/mol. The van der Waals surface area contributed by atoms with Crippen molar-refractivity contribution >= 4 is 5.69 Å². The van der Waals surface area contributed by atoms with Gasteiger partial charge in [0.15, 0.2) is 0 Å². The van der Waals surface area contributed by atoms with Gasteiger partial charge in [-0.25, -0.2) is 0 Å². The van der Waals surface area contributed by atoms with Gasteiger partial charge in [0.05, 0.1) is 6.61 Å². The lowest BCUT2D eigenvalue weighted by atomic mass is 9.69. The number of nitrogens with zero attached hydrogens (tertiary/aromatic N) is 1. The number of aliphatic hydroxyl groups excluding tert-OH is 1. The molecule has 0 fully saturated rings. The molecule has 0 unspecified atom stereocenters. The lowest BCUT2D eigenvalue weighted by molar-refractivity contribution is 0.272. The summed E-state index contributed by atoms with van der Waals surface area (Å²) in [5.74, 6) is 0.304. The van der Waals surface area contributed by atoms with E-state index in [1.807, 2.05) is 6.07 Å². The molecule has 2 heterocycles. The highest BCUT2D eigenvalue weighted by atomic mass is 16.3. The van der Waals surface area contributed by atoms with E-state index in [0.717, 1.165) is 31.5 Å². The van der Waals surface area contributed by atoms with Crippen LogP contribution in [0, 0.1) is 0 Å². The number of benzene rings is 1. The summed E-state index contributed by atoms with van der Waals surface area (Å²) in [6, 6.07) is 2.02. The molecule has 110 valence electrons. The number of aliphatic hydroxyl groups is 1. The van der Waals surface area contributed by atoms with Gasteiger partial charge >= 0.3 is 0 Å². The maximum atomic E-state index is 10.6. The molecule has 3 rings (SSSR count). The summed E-state index contributed by atoms with van der Waals surface area (Å²) in [6.45, 7) is 10.9. The maximum absolute atomic E-state index is 10.6. The summed E-state index contributed by atoms with van der Waals surface area (Å²) in [5, 5.41) is 20.2. The Hall–Kier alpha value is -1.22. The maximum Gasteiger partial charge on any atom is 0.126 e. The number of aromatic hydroxyl groups is 1. The minimum absolute atomic E-state index is 0.0384. The van der Waals surface area contributed by atoms with Gasteiger partial charge in [-0.2, -0.15) is 0 Å². The number of anilines is 1. The lowest BCUT2D eigenvalue weighted by Crippen LogP contribution is -2.44. The molecule has 0 bridgehead atoms. The molecule has 3 nitrogen and oxygen atoms in total. The number of hydrogen-bond acceptors (Lipinski definition) is 3. The van der Waals surface area contributed by atoms with Crippen molar-refractivity contribution < 1.29 is 10.2 Å². The van der Waals surface area contributed by atoms with E-state index in [2.05, 4.69) is 32.6 Å². The van der Waals surface area contributed by atoms with Crippen LogP contribution in [0.3, 0.4) is 0 Å². The Labute approximate surface area is 121 Å². The highest BCUT2D eigenvalue weighted by molar-refractivity contribution is 5.73. The first-order chi connectivity index (χ1) is 9.28. The van der Waals surface area contributed by atoms with Crippen molar-refractivity contribution in [2.75, 3.05) is 18.0 Å². The van der Waals surface area contributed by atoms with Crippen molar-refractivity contribution in [1.29, 1.82) is 0 Å². The standard InChI is InChI=1S/C17H25NO2/c1-16(2)5-7-18-8-6-17(3,4)13-14(18)12(16)9-11(10-19)15(13)20/h9,19-20H,5-8,10H2,1-4H3. The molecule has 0 saturated carbocycles. The van der Waals surface area contributed by atoms with Crippen LogP contribution in [0.25, 0.3) is 0 Å². The fraction of sp³-hybridized carbons (Fsp3) is 0.647. The average Bonchev–Trinajstić information content (AvgIpc) is 2.36. The first-order valence-corrected chi connectivity index (χ1v) is 7.53. The fourth-order valence-electron chi connectivity index (χ4n) is 3.75. The second-order valence-electron chi connectivity index (χ2n) is 7.57. The third kappa shape index (κ3) is 1.76.